The van der Waals surface area contributed by atoms with E-state index in [9.17, 15) is 19.9 Å². The van der Waals surface area contributed by atoms with Crippen molar-refractivity contribution in [1.29, 1.82) is 0 Å². The largest absolute Gasteiger partial charge is 0.507 e. The number of oxime groups is 1. The maximum Gasteiger partial charge on any atom is 0.455 e. The van der Waals surface area contributed by atoms with Crippen molar-refractivity contribution in [2.45, 2.75) is 25.6 Å². The molecule has 0 aliphatic rings. The van der Waals surface area contributed by atoms with Crippen LogP contribution in [0.4, 0.5) is 5.13 Å². The van der Waals surface area contributed by atoms with Gasteiger partial charge in [0, 0.05) is 17.6 Å². The standard InChI is InChI=1S/C15H18BN3O5S/c1-8-3-2-4-9(14(8)21)5-10(16(22)23)6-12(20)13(19-24)11-7-25-15(17)18-11/h2-4,7,10,21-24H,5-6H2,1H3,(H2,17,18)/b19-13-/t10-/m1/s1. The number of hydrogen-bond donors (Lipinski definition) is 5. The Kier molecular flexibility index (Phi) is 6.13. The molecule has 0 bridgehead atoms. The van der Waals surface area contributed by atoms with E-state index in [-0.39, 0.29) is 35.1 Å². The molecule has 132 valence electrons. The van der Waals surface area contributed by atoms with Crippen molar-refractivity contribution in [2.75, 3.05) is 5.73 Å². The lowest BCUT2D eigenvalue weighted by Crippen LogP contribution is -2.28. The molecule has 0 spiro atoms. The van der Waals surface area contributed by atoms with Crippen LogP contribution in [0.1, 0.15) is 23.2 Å². The number of Topliss-reactive ketones (excluding diaryl/α,β-unsaturated/α-hetero) is 1. The number of carbonyl (C=O) groups is 1. The minimum absolute atomic E-state index is 0.0453. The fourth-order valence-corrected chi connectivity index (χ4v) is 2.98. The number of nitrogens with two attached hydrogens (primary N) is 1. The number of nitrogen functional groups attached to an aromatic ring is 1. The van der Waals surface area contributed by atoms with Gasteiger partial charge in [0.1, 0.15) is 11.4 Å². The number of aromatic hydroxyl groups is 1. The van der Waals surface area contributed by atoms with Crippen molar-refractivity contribution in [3.63, 3.8) is 0 Å². The Balaban J connectivity index is 2.18. The van der Waals surface area contributed by atoms with Crippen LogP contribution < -0.4 is 5.73 Å². The summed E-state index contributed by atoms with van der Waals surface area (Å²) in [5.74, 6) is -1.46. The summed E-state index contributed by atoms with van der Waals surface area (Å²) >= 11 is 1.09. The van der Waals surface area contributed by atoms with Gasteiger partial charge in [-0.15, -0.1) is 11.3 Å². The molecule has 2 rings (SSSR count). The van der Waals surface area contributed by atoms with Crippen molar-refractivity contribution < 1.29 is 25.2 Å². The van der Waals surface area contributed by atoms with E-state index in [1.165, 1.54) is 5.38 Å². The molecule has 8 nitrogen and oxygen atoms in total. The van der Waals surface area contributed by atoms with Crippen LogP contribution in [0.15, 0.2) is 28.7 Å². The van der Waals surface area contributed by atoms with Crippen LogP contribution in [0, 0.1) is 6.92 Å². The highest BCUT2D eigenvalue weighted by Gasteiger charge is 2.30. The molecule has 25 heavy (non-hydrogen) atoms. The van der Waals surface area contributed by atoms with Crippen LogP contribution >= 0.6 is 11.3 Å². The first kappa shape index (κ1) is 18.9. The fraction of sp³-hybridized carbons (Fsp3) is 0.267. The summed E-state index contributed by atoms with van der Waals surface area (Å²) < 4.78 is 0. The van der Waals surface area contributed by atoms with Crippen molar-refractivity contribution in [3.8, 4) is 5.75 Å². The van der Waals surface area contributed by atoms with Crippen LogP contribution in [-0.4, -0.2) is 44.0 Å². The minimum Gasteiger partial charge on any atom is -0.507 e. The first-order valence-corrected chi connectivity index (χ1v) is 8.31. The molecule has 1 aromatic heterocycles. The Morgan fingerprint density at radius 2 is 2.16 bits per heavy atom. The molecule has 0 radical (unpaired) electrons. The summed E-state index contributed by atoms with van der Waals surface area (Å²) in [7, 11) is -1.79. The van der Waals surface area contributed by atoms with Crippen LogP contribution in [0.3, 0.4) is 0 Å². The second kappa shape index (κ2) is 8.10. The number of nitrogens with zero attached hydrogens (tertiary/aromatic N) is 2. The molecule has 0 aliphatic carbocycles. The maximum absolute atomic E-state index is 12.4. The highest BCUT2D eigenvalue weighted by Crippen LogP contribution is 2.29. The third-order valence-electron chi connectivity index (χ3n) is 3.80. The number of anilines is 1. The molecule has 0 amide bonds. The zero-order chi connectivity index (χ0) is 18.6. The molecule has 0 saturated heterocycles. The number of carbonyl (C=O) groups excluding carboxylic acids is 1. The summed E-state index contributed by atoms with van der Waals surface area (Å²) in [5.41, 5.74) is 6.47. The number of aryl methyl sites for hydroxylation is 1. The molecule has 2 aromatic rings. The lowest BCUT2D eigenvalue weighted by molar-refractivity contribution is -0.113. The number of benzene rings is 1. The van der Waals surface area contributed by atoms with E-state index in [1.54, 1.807) is 25.1 Å². The van der Waals surface area contributed by atoms with E-state index in [2.05, 4.69) is 10.1 Å². The number of phenolic OH excluding ortho intramolecular Hbond substituents is 1. The van der Waals surface area contributed by atoms with Crippen molar-refractivity contribution >= 4 is 35.1 Å². The van der Waals surface area contributed by atoms with Crippen molar-refractivity contribution in [3.05, 3.63) is 40.4 Å². The zero-order valence-electron chi connectivity index (χ0n) is 13.5. The number of phenols is 1. The summed E-state index contributed by atoms with van der Waals surface area (Å²) in [5, 5.41) is 43.0. The molecule has 0 aliphatic heterocycles. The van der Waals surface area contributed by atoms with Gasteiger partial charge < -0.3 is 26.1 Å². The van der Waals surface area contributed by atoms with Gasteiger partial charge in [-0.25, -0.2) is 4.98 Å². The third kappa shape index (κ3) is 4.56. The van der Waals surface area contributed by atoms with Crippen LogP contribution in [0.25, 0.3) is 0 Å². The lowest BCUT2D eigenvalue weighted by atomic mass is 9.66. The summed E-state index contributed by atoms with van der Waals surface area (Å²) in [6.45, 7) is 1.72. The van der Waals surface area contributed by atoms with Gasteiger partial charge in [0.05, 0.1) is 0 Å². The predicted molar refractivity (Wildman–Crippen MR) is 95.0 cm³/mol. The normalized spacial score (nSPS) is 12.8. The maximum atomic E-state index is 12.4. The van der Waals surface area contributed by atoms with Gasteiger partial charge in [0.15, 0.2) is 16.6 Å². The Bertz CT molecular complexity index is 793. The predicted octanol–water partition coefficient (Wildman–Crippen LogP) is 0.963. The van der Waals surface area contributed by atoms with Gasteiger partial charge in [-0.3, -0.25) is 4.79 Å². The monoisotopic (exact) mass is 363 g/mol. The number of hydrogen-bond acceptors (Lipinski definition) is 9. The van der Waals surface area contributed by atoms with Gasteiger partial charge in [-0.1, -0.05) is 23.4 Å². The third-order valence-corrected chi connectivity index (χ3v) is 4.48. The molecular weight excluding hydrogens is 345 g/mol. The minimum atomic E-state index is -1.79. The zero-order valence-corrected chi connectivity index (χ0v) is 14.3. The van der Waals surface area contributed by atoms with E-state index >= 15 is 0 Å². The number of thiazole rings is 1. The Morgan fingerprint density at radius 1 is 1.44 bits per heavy atom. The second-order valence-electron chi connectivity index (χ2n) is 5.61. The van der Waals surface area contributed by atoms with Crippen LogP contribution in [0.5, 0.6) is 5.75 Å². The second-order valence-corrected chi connectivity index (χ2v) is 6.50. The average Bonchev–Trinajstić information content (AvgIpc) is 2.97. The van der Waals surface area contributed by atoms with Gasteiger partial charge >= 0.3 is 7.12 Å². The van der Waals surface area contributed by atoms with E-state index < -0.39 is 18.7 Å². The van der Waals surface area contributed by atoms with Gasteiger partial charge in [0.25, 0.3) is 0 Å². The Morgan fingerprint density at radius 3 is 2.72 bits per heavy atom. The Hall–Kier alpha value is -2.43. The SMILES string of the molecule is Cc1cccc(C[C@H](CC(=O)/C(=N\O)c2csc(N)n2)B(O)O)c1O. The highest BCUT2D eigenvalue weighted by atomic mass is 32.1. The highest BCUT2D eigenvalue weighted by molar-refractivity contribution is 7.13. The molecule has 0 unspecified atom stereocenters. The van der Waals surface area contributed by atoms with Crippen LogP contribution in [0.2, 0.25) is 5.82 Å². The Labute approximate surface area is 148 Å². The molecule has 10 heteroatoms. The molecule has 0 saturated carbocycles. The molecule has 6 N–H and O–H groups in total. The number of ketones is 1. The lowest BCUT2D eigenvalue weighted by Gasteiger charge is -2.16. The quantitative estimate of drug-likeness (QED) is 0.213. The van der Waals surface area contributed by atoms with E-state index in [0.29, 0.717) is 11.1 Å². The molecular formula is C15H18BN3O5S. The van der Waals surface area contributed by atoms with E-state index in [0.717, 1.165) is 11.3 Å². The molecule has 1 aromatic carbocycles. The molecule has 0 fully saturated rings. The van der Waals surface area contributed by atoms with Crippen molar-refractivity contribution in [2.24, 2.45) is 5.16 Å². The number of rotatable bonds is 7. The summed E-state index contributed by atoms with van der Waals surface area (Å²) in [6, 6.07) is 5.09. The van der Waals surface area contributed by atoms with Crippen LogP contribution in [-0.2, 0) is 11.2 Å². The first-order valence-electron chi connectivity index (χ1n) is 7.43. The number of aromatic nitrogens is 1. The smallest absolute Gasteiger partial charge is 0.455 e. The van der Waals surface area contributed by atoms with Crippen molar-refractivity contribution in [1.82, 2.24) is 4.98 Å². The van der Waals surface area contributed by atoms with E-state index in [1.807, 2.05) is 0 Å². The summed E-state index contributed by atoms with van der Waals surface area (Å²) in [4.78, 5) is 16.3. The molecule has 1 atom stereocenters. The fourth-order valence-electron chi connectivity index (χ4n) is 2.43. The topological polar surface area (TPSA) is 149 Å². The first-order chi connectivity index (χ1) is 11.8. The van der Waals surface area contributed by atoms with Gasteiger partial charge in [-0.05, 0) is 24.5 Å². The summed E-state index contributed by atoms with van der Waals surface area (Å²) in [6.07, 6.45) is -0.239. The van der Waals surface area contributed by atoms with Gasteiger partial charge in [-0.2, -0.15) is 0 Å². The number of para-hydroxylation sites is 1. The molecule has 1 heterocycles. The van der Waals surface area contributed by atoms with Gasteiger partial charge in [0.2, 0.25) is 0 Å². The average molecular weight is 363 g/mol. The van der Waals surface area contributed by atoms with E-state index in [4.69, 9.17) is 10.9 Å².